The molecule has 0 nitrogen and oxygen atoms in total. The molecule has 3 aromatic rings. The zero-order chi connectivity index (χ0) is 12.9. The van der Waals surface area contributed by atoms with Gasteiger partial charge in [0.15, 0.2) is 0 Å². The summed E-state index contributed by atoms with van der Waals surface area (Å²) < 4.78 is 0. The maximum atomic E-state index is 2.23. The zero-order valence-corrected chi connectivity index (χ0v) is 14.0. The van der Waals surface area contributed by atoms with Gasteiger partial charge in [0, 0.05) is 0 Å². The number of hydrogen-bond donors (Lipinski definition) is 0. The van der Waals surface area contributed by atoms with E-state index >= 15 is 0 Å². The van der Waals surface area contributed by atoms with Crippen LogP contribution in [-0.4, -0.2) is 0 Å². The van der Waals surface area contributed by atoms with E-state index in [1.165, 1.54) is 15.9 Å². The van der Waals surface area contributed by atoms with Crippen molar-refractivity contribution in [1.82, 2.24) is 0 Å². The second kappa shape index (κ2) is 9.21. The van der Waals surface area contributed by atoms with Crippen molar-refractivity contribution in [2.24, 2.45) is 0 Å². The molecule has 0 radical (unpaired) electrons. The topological polar surface area (TPSA) is 0 Å². The van der Waals surface area contributed by atoms with Crippen molar-refractivity contribution in [3.8, 4) is 0 Å². The van der Waals surface area contributed by atoms with Gasteiger partial charge in [-0.25, -0.2) is 0 Å². The fraction of sp³-hybridized carbons (Fsp3) is 0. The van der Waals surface area contributed by atoms with Gasteiger partial charge in [-0.05, 0) is 23.8 Å². The Hall–Kier alpha value is -0.871. The van der Waals surface area contributed by atoms with E-state index < -0.39 is 7.92 Å². The van der Waals surface area contributed by atoms with Crippen LogP contribution in [0.25, 0.3) is 0 Å². The van der Waals surface area contributed by atoms with Crippen LogP contribution in [0.4, 0.5) is 0 Å². The molecular formula is C18H15Cu2P+2. The van der Waals surface area contributed by atoms with Crippen molar-refractivity contribution < 1.29 is 34.1 Å². The molecule has 0 fully saturated rings. The molecule has 0 aliphatic carbocycles. The third-order valence-electron chi connectivity index (χ3n) is 3.04. The molecule has 0 spiro atoms. The summed E-state index contributed by atoms with van der Waals surface area (Å²) in [6.45, 7) is 0. The SMILES string of the molecule is [Cu+].[Cu+].c1ccc(P(c2ccccc2)c2ccccc2)cc1. The minimum Gasteiger partial charge on any atom is -0.0622 e. The summed E-state index contributed by atoms with van der Waals surface area (Å²) in [5.41, 5.74) is 0. The molecule has 0 unspecified atom stereocenters. The Morgan fingerprint density at radius 1 is 0.381 bits per heavy atom. The smallest absolute Gasteiger partial charge is 0.0622 e. The molecule has 0 aliphatic rings. The molecule has 3 aromatic carbocycles. The van der Waals surface area contributed by atoms with Crippen molar-refractivity contribution in [2.45, 2.75) is 0 Å². The number of benzene rings is 3. The average molecular weight is 389 g/mol. The van der Waals surface area contributed by atoms with E-state index in [1.807, 2.05) is 0 Å². The molecule has 0 atom stereocenters. The summed E-state index contributed by atoms with van der Waals surface area (Å²) >= 11 is 0. The Labute approximate surface area is 148 Å². The zero-order valence-electron chi connectivity index (χ0n) is 11.2. The summed E-state index contributed by atoms with van der Waals surface area (Å²) in [7, 11) is -0.446. The summed E-state index contributed by atoms with van der Waals surface area (Å²) in [5.74, 6) is 0. The Morgan fingerprint density at radius 2 is 0.619 bits per heavy atom. The first-order valence-corrected chi connectivity index (χ1v) is 7.74. The Balaban J connectivity index is 0.00000110. The molecule has 0 bridgehead atoms. The minimum atomic E-state index is -0.446. The molecule has 0 heterocycles. The van der Waals surface area contributed by atoms with Gasteiger partial charge in [-0.1, -0.05) is 91.0 Å². The number of hydrogen-bond acceptors (Lipinski definition) is 0. The average Bonchev–Trinajstić information content (AvgIpc) is 2.51. The van der Waals surface area contributed by atoms with Crippen LogP contribution in [-0.2, 0) is 34.1 Å². The monoisotopic (exact) mass is 388 g/mol. The Bertz CT molecular complexity index is 533. The Kier molecular flexibility index (Phi) is 7.97. The second-order valence-corrected chi connectivity index (χ2v) is 6.56. The van der Waals surface area contributed by atoms with E-state index in [4.69, 9.17) is 0 Å². The molecule has 0 amide bonds. The van der Waals surface area contributed by atoms with Gasteiger partial charge in [0.2, 0.25) is 0 Å². The molecule has 0 saturated carbocycles. The van der Waals surface area contributed by atoms with Gasteiger partial charge in [0.05, 0.1) is 0 Å². The quantitative estimate of drug-likeness (QED) is 0.476. The van der Waals surface area contributed by atoms with Gasteiger partial charge in [-0.2, -0.15) is 0 Å². The fourth-order valence-electron chi connectivity index (χ4n) is 2.18. The van der Waals surface area contributed by atoms with Crippen LogP contribution in [0, 0.1) is 0 Å². The van der Waals surface area contributed by atoms with Crippen LogP contribution in [0.1, 0.15) is 0 Å². The normalized spacial score (nSPS) is 9.57. The molecule has 21 heavy (non-hydrogen) atoms. The second-order valence-electron chi connectivity index (χ2n) is 4.34. The largest absolute Gasteiger partial charge is 1.00 e. The van der Waals surface area contributed by atoms with Crippen molar-refractivity contribution in [3.05, 3.63) is 91.0 Å². The molecule has 112 valence electrons. The van der Waals surface area contributed by atoms with Crippen molar-refractivity contribution >= 4 is 23.8 Å². The predicted molar refractivity (Wildman–Crippen MR) is 85.1 cm³/mol. The first-order chi connectivity index (χ1) is 9.45. The van der Waals surface area contributed by atoms with Crippen LogP contribution in [0.5, 0.6) is 0 Å². The third-order valence-corrected chi connectivity index (χ3v) is 5.49. The van der Waals surface area contributed by atoms with E-state index in [2.05, 4.69) is 91.0 Å². The van der Waals surface area contributed by atoms with Crippen LogP contribution in [0.2, 0.25) is 0 Å². The molecule has 3 rings (SSSR count). The molecule has 0 saturated heterocycles. The van der Waals surface area contributed by atoms with Crippen LogP contribution in [0.15, 0.2) is 91.0 Å². The van der Waals surface area contributed by atoms with E-state index in [-0.39, 0.29) is 34.1 Å². The predicted octanol–water partition coefficient (Wildman–Crippen LogP) is 3.44. The standard InChI is InChI=1S/C18H15P.2Cu/c1-4-10-16(11-5-1)19(17-12-6-2-7-13-17)18-14-8-3-9-15-18;;/h1-15H;;/q;2*+1. The van der Waals surface area contributed by atoms with E-state index in [0.29, 0.717) is 0 Å². The first-order valence-electron chi connectivity index (χ1n) is 6.40. The molecule has 0 N–H and O–H groups in total. The Morgan fingerprint density at radius 3 is 0.857 bits per heavy atom. The van der Waals surface area contributed by atoms with Crippen LogP contribution in [0.3, 0.4) is 0 Å². The van der Waals surface area contributed by atoms with Crippen molar-refractivity contribution in [2.75, 3.05) is 0 Å². The van der Waals surface area contributed by atoms with E-state index in [9.17, 15) is 0 Å². The van der Waals surface area contributed by atoms with E-state index in [0.717, 1.165) is 0 Å². The maximum Gasteiger partial charge on any atom is 1.00 e. The van der Waals surface area contributed by atoms with Gasteiger partial charge >= 0.3 is 34.1 Å². The number of rotatable bonds is 3. The molecule has 3 heteroatoms. The van der Waals surface area contributed by atoms with Crippen molar-refractivity contribution in [1.29, 1.82) is 0 Å². The summed E-state index contributed by atoms with van der Waals surface area (Å²) in [6, 6.07) is 32.3. The fourth-order valence-corrected chi connectivity index (χ4v) is 4.48. The first kappa shape index (κ1) is 18.2. The minimum absolute atomic E-state index is 0. The van der Waals surface area contributed by atoms with Gasteiger partial charge in [0.25, 0.3) is 0 Å². The van der Waals surface area contributed by atoms with Crippen molar-refractivity contribution in [3.63, 3.8) is 0 Å². The summed E-state index contributed by atoms with van der Waals surface area (Å²) in [5, 5.41) is 4.19. The molecule has 0 aliphatic heterocycles. The van der Waals surface area contributed by atoms with Gasteiger partial charge in [0.1, 0.15) is 0 Å². The van der Waals surface area contributed by atoms with Gasteiger partial charge in [-0.3, -0.25) is 0 Å². The maximum absolute atomic E-state index is 2.23. The molecule has 0 aromatic heterocycles. The van der Waals surface area contributed by atoms with Crippen LogP contribution < -0.4 is 15.9 Å². The van der Waals surface area contributed by atoms with Gasteiger partial charge < -0.3 is 0 Å². The molecular weight excluding hydrogens is 374 g/mol. The van der Waals surface area contributed by atoms with Gasteiger partial charge in [-0.15, -0.1) is 0 Å². The van der Waals surface area contributed by atoms with E-state index in [1.54, 1.807) is 0 Å². The summed E-state index contributed by atoms with van der Waals surface area (Å²) in [4.78, 5) is 0. The van der Waals surface area contributed by atoms with Crippen LogP contribution >= 0.6 is 7.92 Å². The summed E-state index contributed by atoms with van der Waals surface area (Å²) in [6.07, 6.45) is 0. The third kappa shape index (κ3) is 4.55.